The van der Waals surface area contributed by atoms with E-state index in [1.54, 1.807) is 0 Å². The molecule has 0 heterocycles. The van der Waals surface area contributed by atoms with Crippen LogP contribution in [-0.4, -0.2) is 16.6 Å². The maximum Gasteiger partial charge on any atom is 0.0771 e. The van der Waals surface area contributed by atoms with Gasteiger partial charge < -0.3 is 4.74 Å². The number of hydrogen-bond acceptors (Lipinski definition) is 1. The van der Waals surface area contributed by atoms with E-state index in [-0.39, 0.29) is 5.60 Å². The Kier molecular flexibility index (Phi) is 4.90. The molecule has 1 rings (SSSR count). The van der Waals surface area contributed by atoms with Gasteiger partial charge in [-0.3, -0.25) is 0 Å². The first-order valence-corrected chi connectivity index (χ1v) is 7.66. The quantitative estimate of drug-likeness (QED) is 0.551. The Bertz CT molecular complexity index is 187. The molecule has 0 radical (unpaired) electrons. The first kappa shape index (κ1) is 13.8. The highest BCUT2D eigenvalue weighted by Crippen LogP contribution is 2.43. The van der Waals surface area contributed by atoms with Crippen LogP contribution in [0.15, 0.2) is 0 Å². The lowest BCUT2D eigenvalue weighted by Crippen LogP contribution is -2.41. The van der Waals surface area contributed by atoms with Crippen LogP contribution in [0.2, 0.25) is 0 Å². The van der Waals surface area contributed by atoms with Gasteiger partial charge in [0.1, 0.15) is 0 Å². The van der Waals surface area contributed by atoms with Gasteiger partial charge in [0.15, 0.2) is 0 Å². The molecule has 1 aliphatic carbocycles. The van der Waals surface area contributed by atoms with Gasteiger partial charge in [0, 0.05) is 11.0 Å². The third kappa shape index (κ3) is 3.58. The molecule has 1 fully saturated rings. The molecule has 0 spiro atoms. The highest BCUT2D eigenvalue weighted by Gasteiger charge is 2.38. The molecule has 1 aliphatic rings. The van der Waals surface area contributed by atoms with Gasteiger partial charge in [-0.1, -0.05) is 43.4 Å². The van der Waals surface area contributed by atoms with Gasteiger partial charge in [0.25, 0.3) is 0 Å². The van der Waals surface area contributed by atoms with E-state index in [9.17, 15) is 0 Å². The minimum atomic E-state index is 0.205. The standard InChI is InChI=1S/C13H25IO/c1-5-15-13(10-14)8-6-11(7-9-13)12(2,3)4/h11H,5-10H2,1-4H3. The summed E-state index contributed by atoms with van der Waals surface area (Å²) in [7, 11) is 0. The molecule has 0 saturated heterocycles. The average molecular weight is 324 g/mol. The molecule has 1 nitrogen and oxygen atoms in total. The van der Waals surface area contributed by atoms with E-state index in [0.717, 1.165) is 17.0 Å². The van der Waals surface area contributed by atoms with Gasteiger partial charge in [-0.05, 0) is 43.9 Å². The van der Waals surface area contributed by atoms with E-state index in [1.807, 2.05) is 0 Å². The maximum absolute atomic E-state index is 5.97. The Balaban J connectivity index is 2.53. The second-order valence-corrected chi connectivity index (χ2v) is 6.65. The molecule has 0 aliphatic heterocycles. The molecule has 0 amide bonds. The highest BCUT2D eigenvalue weighted by atomic mass is 127. The van der Waals surface area contributed by atoms with Crippen molar-refractivity contribution in [1.82, 2.24) is 0 Å². The third-order valence-corrected chi connectivity index (χ3v) is 5.21. The van der Waals surface area contributed by atoms with Gasteiger partial charge in [0.2, 0.25) is 0 Å². The number of ether oxygens (including phenoxy) is 1. The molecule has 0 aromatic rings. The summed E-state index contributed by atoms with van der Waals surface area (Å²) in [4.78, 5) is 0. The average Bonchev–Trinajstić information content (AvgIpc) is 2.17. The lowest BCUT2D eigenvalue weighted by Gasteiger charge is -2.43. The number of alkyl halides is 1. The predicted octanol–water partition coefficient (Wildman–Crippen LogP) is 4.43. The Morgan fingerprint density at radius 2 is 1.80 bits per heavy atom. The molecule has 0 unspecified atom stereocenters. The van der Waals surface area contributed by atoms with E-state index >= 15 is 0 Å². The minimum Gasteiger partial charge on any atom is -0.374 e. The van der Waals surface area contributed by atoms with Crippen LogP contribution >= 0.6 is 22.6 Å². The Labute approximate surface area is 108 Å². The molecule has 1 saturated carbocycles. The van der Waals surface area contributed by atoms with Crippen molar-refractivity contribution in [3.63, 3.8) is 0 Å². The van der Waals surface area contributed by atoms with Gasteiger partial charge in [-0.15, -0.1) is 0 Å². The molecule has 0 bridgehead atoms. The van der Waals surface area contributed by atoms with Crippen LogP contribution in [0.4, 0.5) is 0 Å². The van der Waals surface area contributed by atoms with Crippen molar-refractivity contribution in [2.75, 3.05) is 11.0 Å². The predicted molar refractivity (Wildman–Crippen MR) is 74.7 cm³/mol. The van der Waals surface area contributed by atoms with Crippen molar-refractivity contribution in [1.29, 1.82) is 0 Å². The normalized spacial score (nSPS) is 33.0. The molecule has 90 valence electrons. The van der Waals surface area contributed by atoms with Crippen LogP contribution in [0.1, 0.15) is 53.4 Å². The molecule has 0 aromatic carbocycles. The van der Waals surface area contributed by atoms with Crippen molar-refractivity contribution in [2.24, 2.45) is 11.3 Å². The molecular weight excluding hydrogens is 299 g/mol. The zero-order valence-electron chi connectivity index (χ0n) is 10.6. The minimum absolute atomic E-state index is 0.205. The number of rotatable bonds is 3. The first-order chi connectivity index (χ1) is 6.93. The van der Waals surface area contributed by atoms with Crippen molar-refractivity contribution < 1.29 is 4.74 Å². The summed E-state index contributed by atoms with van der Waals surface area (Å²) in [6, 6.07) is 0. The molecular formula is C13H25IO. The van der Waals surface area contributed by atoms with Crippen LogP contribution in [0, 0.1) is 11.3 Å². The topological polar surface area (TPSA) is 9.23 Å². The van der Waals surface area contributed by atoms with Gasteiger partial charge in [-0.25, -0.2) is 0 Å². The van der Waals surface area contributed by atoms with Crippen molar-refractivity contribution >= 4 is 22.6 Å². The largest absolute Gasteiger partial charge is 0.374 e. The first-order valence-electron chi connectivity index (χ1n) is 6.13. The lowest BCUT2D eigenvalue weighted by atomic mass is 9.69. The molecule has 0 aromatic heterocycles. The van der Waals surface area contributed by atoms with Crippen molar-refractivity contribution in [3.05, 3.63) is 0 Å². The molecule has 0 atom stereocenters. The van der Waals surface area contributed by atoms with Crippen molar-refractivity contribution in [3.8, 4) is 0 Å². The van der Waals surface area contributed by atoms with E-state index in [2.05, 4.69) is 50.3 Å². The lowest BCUT2D eigenvalue weighted by molar-refractivity contribution is -0.0625. The van der Waals surface area contributed by atoms with Crippen LogP contribution in [0.5, 0.6) is 0 Å². The van der Waals surface area contributed by atoms with Gasteiger partial charge in [-0.2, -0.15) is 0 Å². The van der Waals surface area contributed by atoms with Crippen molar-refractivity contribution in [2.45, 2.75) is 59.0 Å². The van der Waals surface area contributed by atoms with E-state index in [0.29, 0.717) is 5.41 Å². The summed E-state index contributed by atoms with van der Waals surface area (Å²) in [5, 5.41) is 0. The van der Waals surface area contributed by atoms with Gasteiger partial charge >= 0.3 is 0 Å². The van der Waals surface area contributed by atoms with E-state index in [1.165, 1.54) is 25.7 Å². The summed E-state index contributed by atoms with van der Waals surface area (Å²) in [5.74, 6) is 0.883. The maximum atomic E-state index is 5.97. The second kappa shape index (κ2) is 5.35. The van der Waals surface area contributed by atoms with Crippen LogP contribution < -0.4 is 0 Å². The molecule has 2 heteroatoms. The van der Waals surface area contributed by atoms with Crippen LogP contribution in [-0.2, 0) is 4.74 Å². The smallest absolute Gasteiger partial charge is 0.0771 e. The van der Waals surface area contributed by atoms with Crippen LogP contribution in [0.25, 0.3) is 0 Å². The summed E-state index contributed by atoms with van der Waals surface area (Å²) in [6.45, 7) is 10.1. The Hall–Kier alpha value is 0.690. The fraction of sp³-hybridized carbons (Fsp3) is 1.00. The number of hydrogen-bond donors (Lipinski definition) is 0. The SMILES string of the molecule is CCOC1(CI)CCC(C(C)(C)C)CC1. The second-order valence-electron chi connectivity index (χ2n) is 5.89. The zero-order valence-corrected chi connectivity index (χ0v) is 12.8. The number of halogens is 1. The highest BCUT2D eigenvalue weighted by molar-refractivity contribution is 14.1. The van der Waals surface area contributed by atoms with E-state index < -0.39 is 0 Å². The summed E-state index contributed by atoms with van der Waals surface area (Å²) in [5.41, 5.74) is 0.681. The fourth-order valence-corrected chi connectivity index (χ4v) is 3.62. The van der Waals surface area contributed by atoms with Gasteiger partial charge in [0.05, 0.1) is 5.60 Å². The summed E-state index contributed by atoms with van der Waals surface area (Å²) in [6.07, 6.45) is 5.19. The summed E-state index contributed by atoms with van der Waals surface area (Å²) >= 11 is 2.49. The van der Waals surface area contributed by atoms with E-state index in [4.69, 9.17) is 4.74 Å². The molecule has 15 heavy (non-hydrogen) atoms. The Morgan fingerprint density at radius 1 is 1.27 bits per heavy atom. The third-order valence-electron chi connectivity index (χ3n) is 3.82. The Morgan fingerprint density at radius 3 is 2.13 bits per heavy atom. The fourth-order valence-electron chi connectivity index (χ4n) is 2.63. The monoisotopic (exact) mass is 324 g/mol. The molecule has 0 N–H and O–H groups in total. The summed E-state index contributed by atoms with van der Waals surface area (Å²) < 4.78 is 7.12. The van der Waals surface area contributed by atoms with Crippen LogP contribution in [0.3, 0.4) is 0 Å². The zero-order chi connectivity index (χ0) is 11.5.